The van der Waals surface area contributed by atoms with Crippen LogP contribution < -0.4 is 15.0 Å². The number of rotatable bonds is 6. The number of nitrogens with zero attached hydrogens (tertiary/aromatic N) is 2. The Morgan fingerprint density at radius 2 is 1.86 bits per heavy atom. The first-order chi connectivity index (χ1) is 17.7. The minimum Gasteiger partial charge on any atom is -0.490 e. The average molecular weight is 532 g/mol. The summed E-state index contributed by atoms with van der Waals surface area (Å²) in [6.07, 6.45) is -0.830. The number of hydrogen-bond acceptors (Lipinski definition) is 7. The predicted molar refractivity (Wildman–Crippen MR) is 132 cm³/mol. The number of nitro benzene ring substituents is 1. The van der Waals surface area contributed by atoms with Gasteiger partial charge in [0.05, 0.1) is 22.5 Å². The molecular weight excluding hydrogens is 511 g/mol. The van der Waals surface area contributed by atoms with Crippen molar-refractivity contribution in [2.24, 2.45) is 0 Å². The molecule has 0 saturated carbocycles. The first-order valence-corrected chi connectivity index (χ1v) is 12.3. The summed E-state index contributed by atoms with van der Waals surface area (Å²) in [5.74, 6) is 0.193. The second-order valence-corrected chi connectivity index (χ2v) is 9.52. The summed E-state index contributed by atoms with van der Waals surface area (Å²) in [6, 6.07) is 6.65. The van der Waals surface area contributed by atoms with E-state index in [0.29, 0.717) is 33.7 Å². The fourth-order valence-electron chi connectivity index (χ4n) is 4.35. The summed E-state index contributed by atoms with van der Waals surface area (Å²) >= 11 is 1.52. The zero-order valence-electron chi connectivity index (χ0n) is 19.5. The summed E-state index contributed by atoms with van der Waals surface area (Å²) in [7, 11) is 0. The molecule has 12 heteroatoms. The second kappa shape index (κ2) is 9.51. The van der Waals surface area contributed by atoms with Crippen LogP contribution in [-0.2, 0) is 19.0 Å². The summed E-state index contributed by atoms with van der Waals surface area (Å²) in [6.45, 7) is 1.94. The standard InChI is InChI=1S/C25H20F3N3O5S/c1-2-35-19-11-13(22-29-23(32)21-15-5-3-4-6-20(15)37-24(21)30-22)7-9-18(19)36-17-10-8-14(25(26,27)28)12-16(17)31(33)34/h7-12H,2-6H2,1H3,(H,29,30,32). The molecule has 1 N–H and O–H groups in total. The van der Waals surface area contributed by atoms with E-state index in [1.807, 2.05) is 0 Å². The van der Waals surface area contributed by atoms with Crippen LogP contribution in [0.5, 0.6) is 17.2 Å². The molecule has 0 saturated heterocycles. The Hall–Kier alpha value is -3.93. The molecular formula is C25H20F3N3O5S. The number of aromatic amines is 1. The molecule has 0 atom stereocenters. The SMILES string of the molecule is CCOc1cc(-c2nc3sc4c(c3c(=O)[nH]2)CCCC4)ccc1Oc1ccc(C(F)(F)F)cc1[N+](=O)[O-]. The van der Waals surface area contributed by atoms with Crippen molar-refractivity contribution in [1.82, 2.24) is 9.97 Å². The number of ether oxygens (including phenoxy) is 2. The van der Waals surface area contributed by atoms with Crippen molar-refractivity contribution in [2.75, 3.05) is 6.61 Å². The lowest BCUT2D eigenvalue weighted by atomic mass is 9.97. The highest BCUT2D eigenvalue weighted by Crippen LogP contribution is 2.41. The Labute approximate surface area is 211 Å². The van der Waals surface area contributed by atoms with Gasteiger partial charge < -0.3 is 14.5 Å². The number of halogens is 3. The normalized spacial score (nSPS) is 13.4. The van der Waals surface area contributed by atoms with Gasteiger partial charge in [0.15, 0.2) is 11.5 Å². The molecule has 0 spiro atoms. The highest BCUT2D eigenvalue weighted by Gasteiger charge is 2.33. The molecule has 4 aromatic rings. The van der Waals surface area contributed by atoms with E-state index in [0.717, 1.165) is 37.3 Å². The van der Waals surface area contributed by atoms with Crippen molar-refractivity contribution in [1.29, 1.82) is 0 Å². The first kappa shape index (κ1) is 24.8. The van der Waals surface area contributed by atoms with Gasteiger partial charge in [0.25, 0.3) is 5.56 Å². The molecule has 0 unspecified atom stereocenters. The monoisotopic (exact) mass is 531 g/mol. The lowest BCUT2D eigenvalue weighted by molar-refractivity contribution is -0.385. The largest absolute Gasteiger partial charge is 0.490 e. The van der Waals surface area contributed by atoms with Gasteiger partial charge >= 0.3 is 11.9 Å². The molecule has 0 fully saturated rings. The number of nitro groups is 1. The second-order valence-electron chi connectivity index (χ2n) is 8.44. The van der Waals surface area contributed by atoms with Gasteiger partial charge in [-0.1, -0.05) is 0 Å². The lowest BCUT2D eigenvalue weighted by Gasteiger charge is -2.14. The molecule has 2 aromatic heterocycles. The van der Waals surface area contributed by atoms with E-state index in [1.165, 1.54) is 22.3 Å². The number of nitrogens with one attached hydrogen (secondary N) is 1. The Balaban J connectivity index is 1.53. The van der Waals surface area contributed by atoms with Gasteiger partial charge in [-0.25, -0.2) is 4.98 Å². The van der Waals surface area contributed by atoms with Crippen LogP contribution >= 0.6 is 11.3 Å². The fraction of sp³-hybridized carbons (Fsp3) is 0.280. The summed E-state index contributed by atoms with van der Waals surface area (Å²) in [5.41, 5.74) is -0.628. The third-order valence-electron chi connectivity index (χ3n) is 6.04. The molecule has 0 radical (unpaired) electrons. The zero-order chi connectivity index (χ0) is 26.3. The van der Waals surface area contributed by atoms with E-state index in [1.54, 1.807) is 19.1 Å². The van der Waals surface area contributed by atoms with Crippen LogP contribution in [0.15, 0.2) is 41.2 Å². The van der Waals surface area contributed by atoms with Gasteiger partial charge in [0, 0.05) is 16.5 Å². The van der Waals surface area contributed by atoms with E-state index in [4.69, 9.17) is 9.47 Å². The van der Waals surface area contributed by atoms with Gasteiger partial charge in [-0.3, -0.25) is 14.9 Å². The molecule has 2 aromatic carbocycles. The molecule has 0 bridgehead atoms. The quantitative estimate of drug-likeness (QED) is 0.221. The van der Waals surface area contributed by atoms with Crippen molar-refractivity contribution in [2.45, 2.75) is 38.8 Å². The van der Waals surface area contributed by atoms with Gasteiger partial charge in [0.1, 0.15) is 10.7 Å². The van der Waals surface area contributed by atoms with Crippen LogP contribution in [-0.4, -0.2) is 21.5 Å². The molecule has 1 aliphatic rings. The van der Waals surface area contributed by atoms with Crippen LogP contribution in [0.25, 0.3) is 21.6 Å². The Kier molecular flexibility index (Phi) is 6.36. The molecule has 192 valence electrons. The van der Waals surface area contributed by atoms with E-state index in [2.05, 4.69) is 9.97 Å². The van der Waals surface area contributed by atoms with E-state index in [9.17, 15) is 28.1 Å². The van der Waals surface area contributed by atoms with Crippen molar-refractivity contribution in [3.05, 3.63) is 72.9 Å². The summed E-state index contributed by atoms with van der Waals surface area (Å²) in [5, 5.41) is 12.1. The molecule has 1 aliphatic carbocycles. The Bertz CT molecular complexity index is 1580. The van der Waals surface area contributed by atoms with Gasteiger partial charge in [-0.15, -0.1) is 11.3 Å². The average Bonchev–Trinajstić information content (AvgIpc) is 3.23. The fourth-order valence-corrected chi connectivity index (χ4v) is 5.61. The molecule has 5 rings (SSSR count). The Morgan fingerprint density at radius 1 is 1.11 bits per heavy atom. The highest BCUT2D eigenvalue weighted by molar-refractivity contribution is 7.18. The first-order valence-electron chi connectivity index (χ1n) is 11.5. The third kappa shape index (κ3) is 4.76. The predicted octanol–water partition coefficient (Wildman–Crippen LogP) is 6.65. The maximum Gasteiger partial charge on any atom is 0.416 e. The summed E-state index contributed by atoms with van der Waals surface area (Å²) in [4.78, 5) is 32.8. The van der Waals surface area contributed by atoms with Crippen molar-refractivity contribution in [3.63, 3.8) is 0 Å². The van der Waals surface area contributed by atoms with E-state index >= 15 is 0 Å². The highest BCUT2D eigenvalue weighted by atomic mass is 32.1. The van der Waals surface area contributed by atoms with Crippen molar-refractivity contribution >= 4 is 27.2 Å². The lowest BCUT2D eigenvalue weighted by Crippen LogP contribution is -2.11. The molecule has 0 aliphatic heterocycles. The number of hydrogen-bond donors (Lipinski definition) is 1. The smallest absolute Gasteiger partial charge is 0.416 e. The van der Waals surface area contributed by atoms with Crippen LogP contribution in [0.2, 0.25) is 0 Å². The Morgan fingerprint density at radius 3 is 2.59 bits per heavy atom. The van der Waals surface area contributed by atoms with Crippen LogP contribution in [0.1, 0.15) is 35.8 Å². The zero-order valence-corrected chi connectivity index (χ0v) is 20.3. The van der Waals surface area contributed by atoms with Gasteiger partial charge in [-0.05, 0) is 68.5 Å². The molecule has 0 amide bonds. The van der Waals surface area contributed by atoms with Crippen LogP contribution in [0.4, 0.5) is 18.9 Å². The van der Waals surface area contributed by atoms with Crippen LogP contribution in [0, 0.1) is 10.1 Å². The number of fused-ring (bicyclic) bond motifs is 3. The maximum absolute atomic E-state index is 13.0. The minimum absolute atomic E-state index is 0.0588. The van der Waals surface area contributed by atoms with Crippen molar-refractivity contribution in [3.8, 4) is 28.6 Å². The van der Waals surface area contributed by atoms with E-state index < -0.39 is 22.4 Å². The molecule has 8 nitrogen and oxygen atoms in total. The minimum atomic E-state index is -4.74. The molecule has 2 heterocycles. The van der Waals surface area contributed by atoms with E-state index in [-0.39, 0.29) is 29.4 Å². The third-order valence-corrected chi connectivity index (χ3v) is 7.23. The number of benzene rings is 2. The molecule has 37 heavy (non-hydrogen) atoms. The summed E-state index contributed by atoms with van der Waals surface area (Å²) < 4.78 is 50.4. The number of aryl methyl sites for hydroxylation is 2. The van der Waals surface area contributed by atoms with Gasteiger partial charge in [-0.2, -0.15) is 13.2 Å². The maximum atomic E-state index is 13.0. The number of thiophene rings is 1. The number of aromatic nitrogens is 2. The number of alkyl halides is 3. The number of H-pyrrole nitrogens is 1. The van der Waals surface area contributed by atoms with Gasteiger partial charge in [0.2, 0.25) is 5.75 Å². The van der Waals surface area contributed by atoms with Crippen molar-refractivity contribution < 1.29 is 27.6 Å². The van der Waals surface area contributed by atoms with Crippen LogP contribution in [0.3, 0.4) is 0 Å². The topological polar surface area (TPSA) is 107 Å².